The summed E-state index contributed by atoms with van der Waals surface area (Å²) in [6, 6.07) is 9.13. The molecule has 2 rings (SSSR count). The summed E-state index contributed by atoms with van der Waals surface area (Å²) in [5, 5.41) is 0. The van der Waals surface area contributed by atoms with E-state index >= 15 is 0 Å². The van der Waals surface area contributed by atoms with Crippen LogP contribution in [0, 0.1) is 19.8 Å². The highest BCUT2D eigenvalue weighted by Crippen LogP contribution is 2.44. The van der Waals surface area contributed by atoms with Gasteiger partial charge in [-0.15, -0.1) is 0 Å². The Balaban J connectivity index is 2.85. The number of hydrogen-bond donors (Lipinski definition) is 0. The monoisotopic (exact) mass is 538 g/mol. The summed E-state index contributed by atoms with van der Waals surface area (Å²) in [7, 11) is 0. The van der Waals surface area contributed by atoms with Crippen LogP contribution in [0.15, 0.2) is 24.3 Å². The summed E-state index contributed by atoms with van der Waals surface area (Å²) in [6.45, 7) is 38.0. The van der Waals surface area contributed by atoms with E-state index in [2.05, 4.69) is 135 Å². The number of benzene rings is 2. The van der Waals surface area contributed by atoms with Crippen molar-refractivity contribution in [1.82, 2.24) is 0 Å². The lowest BCUT2D eigenvalue weighted by Crippen LogP contribution is -2.51. The zero-order valence-electron chi connectivity index (χ0n) is 28.3. The van der Waals surface area contributed by atoms with Crippen LogP contribution in [0.2, 0.25) is 0 Å². The van der Waals surface area contributed by atoms with Gasteiger partial charge in [-0.25, -0.2) is 0 Å². The van der Waals surface area contributed by atoms with E-state index < -0.39 is 5.97 Å². The van der Waals surface area contributed by atoms with Gasteiger partial charge in [0.2, 0.25) is 0 Å². The van der Waals surface area contributed by atoms with Crippen LogP contribution in [0.3, 0.4) is 0 Å². The Kier molecular flexibility index (Phi) is 9.46. The Bertz CT molecular complexity index is 1060. The second-order valence-corrected chi connectivity index (χ2v) is 15.7. The molecule has 0 saturated heterocycles. The minimum absolute atomic E-state index is 0.0301. The largest absolute Gasteiger partial charge is 0.429 e. The highest BCUT2D eigenvalue weighted by atomic mass is 16.9. The molecule has 0 saturated carbocycles. The normalized spacial score (nSPS) is 13.7. The van der Waals surface area contributed by atoms with E-state index in [1.54, 1.807) is 0 Å². The highest BCUT2D eigenvalue weighted by Gasteiger charge is 2.44. The fourth-order valence-corrected chi connectivity index (χ4v) is 4.77. The van der Waals surface area contributed by atoms with Crippen molar-refractivity contribution in [1.29, 1.82) is 0 Å². The van der Waals surface area contributed by atoms with Gasteiger partial charge in [0, 0.05) is 11.1 Å². The first-order valence-corrected chi connectivity index (χ1v) is 14.8. The lowest BCUT2D eigenvalue weighted by molar-refractivity contribution is -0.324. The van der Waals surface area contributed by atoms with Crippen LogP contribution in [-0.4, -0.2) is 12.6 Å². The van der Waals surface area contributed by atoms with Gasteiger partial charge >= 0.3 is 5.97 Å². The maximum absolute atomic E-state index is 7.04. The minimum Gasteiger partial charge on any atom is -0.429 e. The molecule has 0 atom stereocenters. The van der Waals surface area contributed by atoms with Gasteiger partial charge in [0.25, 0.3) is 0 Å². The van der Waals surface area contributed by atoms with E-state index in [1.165, 1.54) is 11.1 Å². The van der Waals surface area contributed by atoms with Crippen LogP contribution >= 0.6 is 0 Å². The smallest absolute Gasteiger partial charge is 0.374 e. The van der Waals surface area contributed by atoms with Crippen molar-refractivity contribution in [3.8, 4) is 11.5 Å². The average Bonchev–Trinajstić information content (AvgIpc) is 2.72. The molecule has 0 N–H and O–H groups in total. The number of hydrogen-bond acceptors (Lipinski definition) is 3. The van der Waals surface area contributed by atoms with Crippen LogP contribution in [0.25, 0.3) is 0 Å². The zero-order valence-corrected chi connectivity index (χ0v) is 28.3. The SMILES string of the molecule is CCOC(Oc1c(C)cc(C(C)(C)C)cc1C(C)(C)C)(Oc1c(C)cc(C(C)(C)C)cc1C(C)(C)C)C(C)C. The minimum atomic E-state index is -1.29. The van der Waals surface area contributed by atoms with Gasteiger partial charge in [-0.05, 0) is 64.7 Å². The first-order chi connectivity index (χ1) is 17.4. The topological polar surface area (TPSA) is 27.7 Å². The molecule has 0 spiro atoms. The molecule has 0 radical (unpaired) electrons. The summed E-state index contributed by atoms with van der Waals surface area (Å²) in [5.74, 6) is 0.316. The molecule has 39 heavy (non-hydrogen) atoms. The number of ether oxygens (including phenoxy) is 3. The molecular formula is C36H58O3. The Morgan fingerprint density at radius 2 is 0.897 bits per heavy atom. The lowest BCUT2D eigenvalue weighted by Gasteiger charge is -2.41. The van der Waals surface area contributed by atoms with E-state index in [4.69, 9.17) is 14.2 Å². The first-order valence-electron chi connectivity index (χ1n) is 14.8. The molecule has 0 heterocycles. The average molecular weight is 539 g/mol. The van der Waals surface area contributed by atoms with Crippen molar-refractivity contribution >= 4 is 0 Å². The quantitative estimate of drug-likeness (QED) is 0.328. The molecule has 0 fully saturated rings. The second-order valence-electron chi connectivity index (χ2n) is 15.7. The van der Waals surface area contributed by atoms with Crippen molar-refractivity contribution in [2.75, 3.05) is 6.61 Å². The third-order valence-electron chi connectivity index (χ3n) is 7.44. The maximum atomic E-state index is 7.04. The van der Waals surface area contributed by atoms with Gasteiger partial charge in [-0.1, -0.05) is 121 Å². The van der Waals surface area contributed by atoms with E-state index in [0.717, 1.165) is 33.8 Å². The van der Waals surface area contributed by atoms with Gasteiger partial charge in [-0.2, -0.15) is 0 Å². The van der Waals surface area contributed by atoms with E-state index in [9.17, 15) is 0 Å². The van der Waals surface area contributed by atoms with Crippen LogP contribution in [0.1, 0.15) is 137 Å². The predicted octanol–water partition coefficient (Wildman–Crippen LogP) is 10.3. The van der Waals surface area contributed by atoms with Gasteiger partial charge in [0.15, 0.2) is 0 Å². The molecule has 0 bridgehead atoms. The standard InChI is InChI=1S/C36H58O3/c1-18-37-36(23(2)3,38-30-24(4)19-26(32(6,7)8)21-28(30)34(12,13)14)39-31-25(5)20-27(33(9,10)11)22-29(31)35(15,16)17/h19-23H,18H2,1-17H3. The Labute approximate surface area is 241 Å². The second kappa shape index (κ2) is 11.1. The molecule has 0 aliphatic rings. The van der Waals surface area contributed by atoms with Gasteiger partial charge < -0.3 is 14.2 Å². The molecule has 2 aromatic rings. The first kappa shape index (κ1) is 33.2. The third-order valence-corrected chi connectivity index (χ3v) is 7.44. The molecular weight excluding hydrogens is 480 g/mol. The van der Waals surface area contributed by atoms with Crippen molar-refractivity contribution in [2.24, 2.45) is 5.92 Å². The van der Waals surface area contributed by atoms with Crippen LogP contribution in [0.4, 0.5) is 0 Å². The lowest BCUT2D eigenvalue weighted by atomic mass is 9.79. The van der Waals surface area contributed by atoms with Crippen LogP contribution in [0.5, 0.6) is 11.5 Å². The van der Waals surface area contributed by atoms with Crippen molar-refractivity contribution in [3.63, 3.8) is 0 Å². The van der Waals surface area contributed by atoms with Gasteiger partial charge in [-0.3, -0.25) is 0 Å². The summed E-state index contributed by atoms with van der Waals surface area (Å²) in [4.78, 5) is 0. The third kappa shape index (κ3) is 7.60. The highest BCUT2D eigenvalue weighted by molar-refractivity contribution is 5.51. The molecule has 3 nitrogen and oxygen atoms in total. The van der Waals surface area contributed by atoms with Crippen molar-refractivity contribution < 1.29 is 14.2 Å². The van der Waals surface area contributed by atoms with Crippen LogP contribution < -0.4 is 9.47 Å². The summed E-state index contributed by atoms with van der Waals surface area (Å²) in [5.41, 5.74) is 6.92. The Morgan fingerprint density at radius 3 is 1.13 bits per heavy atom. The number of aryl methyl sites for hydroxylation is 2. The number of rotatable bonds is 7. The maximum Gasteiger partial charge on any atom is 0.374 e. The zero-order chi connectivity index (χ0) is 30.4. The summed E-state index contributed by atoms with van der Waals surface area (Å²) >= 11 is 0. The molecule has 3 heteroatoms. The fraction of sp³-hybridized carbons (Fsp3) is 0.667. The van der Waals surface area contributed by atoms with Crippen molar-refractivity contribution in [3.05, 3.63) is 57.6 Å². The van der Waals surface area contributed by atoms with Crippen LogP contribution in [-0.2, 0) is 26.4 Å². The predicted molar refractivity (Wildman–Crippen MR) is 168 cm³/mol. The van der Waals surface area contributed by atoms with E-state index in [1.807, 2.05) is 6.92 Å². The molecule has 0 aliphatic heterocycles. The Hall–Kier alpha value is -2.00. The van der Waals surface area contributed by atoms with Crippen molar-refractivity contribution in [2.45, 2.75) is 145 Å². The Morgan fingerprint density at radius 1 is 0.564 bits per heavy atom. The van der Waals surface area contributed by atoms with E-state index in [-0.39, 0.29) is 27.6 Å². The summed E-state index contributed by atoms with van der Waals surface area (Å²) < 4.78 is 20.6. The molecule has 0 amide bonds. The molecule has 0 aliphatic carbocycles. The van der Waals surface area contributed by atoms with E-state index in [0.29, 0.717) is 6.61 Å². The fourth-order valence-electron chi connectivity index (χ4n) is 4.77. The molecule has 2 aromatic carbocycles. The molecule has 220 valence electrons. The van der Waals surface area contributed by atoms with Gasteiger partial charge in [0.1, 0.15) is 11.5 Å². The molecule has 0 aromatic heterocycles. The molecule has 0 unspecified atom stereocenters. The summed E-state index contributed by atoms with van der Waals surface area (Å²) in [6.07, 6.45) is 0. The van der Waals surface area contributed by atoms with Gasteiger partial charge in [0.05, 0.1) is 12.5 Å².